The SMILES string of the molecule is C#CC(CCC)NC1(CN)CCN2CCCCC21. The zero-order valence-electron chi connectivity index (χ0n) is 11.6. The van der Waals surface area contributed by atoms with Gasteiger partial charge in [0, 0.05) is 24.7 Å². The Balaban J connectivity index is 2.08. The summed E-state index contributed by atoms with van der Waals surface area (Å²) in [6.45, 7) is 5.31. The average Bonchev–Trinajstić information content (AvgIpc) is 2.78. The maximum Gasteiger partial charge on any atom is 0.0692 e. The van der Waals surface area contributed by atoms with E-state index >= 15 is 0 Å². The van der Waals surface area contributed by atoms with Crippen molar-refractivity contribution in [2.45, 2.75) is 63.1 Å². The van der Waals surface area contributed by atoms with Crippen LogP contribution in [0.1, 0.15) is 45.4 Å². The van der Waals surface area contributed by atoms with Gasteiger partial charge < -0.3 is 5.73 Å². The number of nitrogens with zero attached hydrogens (tertiary/aromatic N) is 1. The van der Waals surface area contributed by atoms with Crippen LogP contribution in [-0.2, 0) is 0 Å². The third-order valence-electron chi connectivity index (χ3n) is 4.70. The van der Waals surface area contributed by atoms with Gasteiger partial charge in [0.15, 0.2) is 0 Å². The Morgan fingerprint density at radius 3 is 3.00 bits per heavy atom. The number of terminal acetylenes is 1. The molecule has 18 heavy (non-hydrogen) atoms. The van der Waals surface area contributed by atoms with Gasteiger partial charge in [-0.25, -0.2) is 0 Å². The molecular weight excluding hydrogens is 222 g/mol. The number of hydrogen-bond donors (Lipinski definition) is 2. The van der Waals surface area contributed by atoms with Gasteiger partial charge in [-0.05, 0) is 32.2 Å². The van der Waals surface area contributed by atoms with Crippen molar-refractivity contribution in [2.75, 3.05) is 19.6 Å². The number of rotatable bonds is 5. The van der Waals surface area contributed by atoms with Gasteiger partial charge in [0.2, 0.25) is 0 Å². The molecule has 3 nitrogen and oxygen atoms in total. The largest absolute Gasteiger partial charge is 0.329 e. The van der Waals surface area contributed by atoms with Crippen LogP contribution in [0, 0.1) is 12.3 Å². The van der Waals surface area contributed by atoms with Gasteiger partial charge in [-0.2, -0.15) is 0 Å². The van der Waals surface area contributed by atoms with E-state index in [0.29, 0.717) is 12.6 Å². The van der Waals surface area contributed by atoms with Gasteiger partial charge in [-0.3, -0.25) is 10.2 Å². The molecule has 0 radical (unpaired) electrons. The summed E-state index contributed by atoms with van der Waals surface area (Å²) in [6.07, 6.45) is 12.9. The maximum atomic E-state index is 6.12. The fourth-order valence-corrected chi connectivity index (χ4v) is 3.69. The van der Waals surface area contributed by atoms with Crippen molar-refractivity contribution < 1.29 is 0 Å². The summed E-state index contributed by atoms with van der Waals surface area (Å²) in [5, 5.41) is 3.73. The van der Waals surface area contributed by atoms with Gasteiger partial charge in [0.25, 0.3) is 0 Å². The molecule has 102 valence electrons. The molecule has 3 N–H and O–H groups in total. The molecule has 3 atom stereocenters. The Kier molecular flexibility index (Phi) is 4.66. The predicted octanol–water partition coefficient (Wildman–Crippen LogP) is 1.33. The molecule has 0 aromatic heterocycles. The Hall–Kier alpha value is -0.560. The molecule has 2 aliphatic rings. The van der Waals surface area contributed by atoms with Crippen molar-refractivity contribution in [3.8, 4) is 12.3 Å². The first-order valence-electron chi connectivity index (χ1n) is 7.43. The smallest absolute Gasteiger partial charge is 0.0692 e. The zero-order valence-corrected chi connectivity index (χ0v) is 11.6. The van der Waals surface area contributed by atoms with E-state index in [1.54, 1.807) is 0 Å². The summed E-state index contributed by atoms with van der Waals surface area (Å²) >= 11 is 0. The highest BCUT2D eigenvalue weighted by atomic mass is 15.3. The molecule has 0 bridgehead atoms. The molecule has 3 unspecified atom stereocenters. The van der Waals surface area contributed by atoms with Gasteiger partial charge in [-0.15, -0.1) is 6.42 Å². The number of nitrogens with two attached hydrogens (primary N) is 1. The van der Waals surface area contributed by atoms with E-state index in [-0.39, 0.29) is 11.6 Å². The Labute approximate surface area is 111 Å². The molecule has 2 fully saturated rings. The summed E-state index contributed by atoms with van der Waals surface area (Å²) in [7, 11) is 0. The summed E-state index contributed by atoms with van der Waals surface area (Å²) < 4.78 is 0. The highest BCUT2D eigenvalue weighted by Crippen LogP contribution is 2.35. The van der Waals surface area contributed by atoms with E-state index in [1.165, 1.54) is 32.4 Å². The van der Waals surface area contributed by atoms with Crippen molar-refractivity contribution in [3.05, 3.63) is 0 Å². The normalized spacial score (nSPS) is 33.9. The highest BCUT2D eigenvalue weighted by Gasteiger charge is 2.47. The Morgan fingerprint density at radius 2 is 2.33 bits per heavy atom. The van der Waals surface area contributed by atoms with Crippen molar-refractivity contribution in [1.29, 1.82) is 0 Å². The predicted molar refractivity (Wildman–Crippen MR) is 76.3 cm³/mol. The lowest BCUT2D eigenvalue weighted by molar-refractivity contribution is 0.136. The summed E-state index contributed by atoms with van der Waals surface area (Å²) in [6, 6.07) is 0.782. The monoisotopic (exact) mass is 249 g/mol. The lowest BCUT2D eigenvalue weighted by Gasteiger charge is -2.42. The third kappa shape index (κ3) is 2.56. The van der Waals surface area contributed by atoms with Gasteiger partial charge in [-0.1, -0.05) is 25.7 Å². The number of nitrogens with one attached hydrogen (secondary N) is 1. The first-order chi connectivity index (χ1) is 8.75. The lowest BCUT2D eigenvalue weighted by atomic mass is 9.84. The first-order valence-corrected chi connectivity index (χ1v) is 7.43. The quantitative estimate of drug-likeness (QED) is 0.722. The molecular formula is C15H27N3. The Morgan fingerprint density at radius 1 is 1.50 bits per heavy atom. The minimum atomic E-state index is 0.0621. The van der Waals surface area contributed by atoms with Crippen LogP contribution in [0.5, 0.6) is 0 Å². The van der Waals surface area contributed by atoms with E-state index in [1.807, 2.05) is 0 Å². The fraction of sp³-hybridized carbons (Fsp3) is 0.867. The van der Waals surface area contributed by atoms with Crippen molar-refractivity contribution in [2.24, 2.45) is 5.73 Å². The zero-order chi connectivity index (χ0) is 13.0. The van der Waals surface area contributed by atoms with E-state index < -0.39 is 0 Å². The van der Waals surface area contributed by atoms with Crippen LogP contribution in [0.4, 0.5) is 0 Å². The summed E-state index contributed by atoms with van der Waals surface area (Å²) in [5.74, 6) is 2.90. The molecule has 0 aliphatic carbocycles. The lowest BCUT2D eigenvalue weighted by Crippen LogP contribution is -2.62. The van der Waals surface area contributed by atoms with Gasteiger partial charge in [0.1, 0.15) is 0 Å². The second-order valence-electron chi connectivity index (χ2n) is 5.81. The second kappa shape index (κ2) is 6.06. The molecule has 2 heterocycles. The summed E-state index contributed by atoms with van der Waals surface area (Å²) in [4.78, 5) is 2.61. The molecule has 0 amide bonds. The molecule has 0 aromatic carbocycles. The second-order valence-corrected chi connectivity index (χ2v) is 5.81. The molecule has 0 aromatic rings. The van der Waals surface area contributed by atoms with Crippen LogP contribution in [0.25, 0.3) is 0 Å². The van der Waals surface area contributed by atoms with Crippen LogP contribution in [0.3, 0.4) is 0 Å². The molecule has 3 heteroatoms. The number of fused-ring (bicyclic) bond motifs is 1. The average molecular weight is 249 g/mol. The standard InChI is InChI=1S/C15H27N3/c1-3-7-13(4-2)17-15(12-16)9-11-18-10-6-5-8-14(15)18/h2,13-14,17H,3,5-12,16H2,1H3. The van der Waals surface area contributed by atoms with Crippen LogP contribution in [-0.4, -0.2) is 42.2 Å². The van der Waals surface area contributed by atoms with E-state index in [2.05, 4.69) is 23.1 Å². The molecule has 2 saturated heterocycles. The fourth-order valence-electron chi connectivity index (χ4n) is 3.69. The van der Waals surface area contributed by atoms with Crippen LogP contribution in [0.2, 0.25) is 0 Å². The number of piperidine rings is 1. The topological polar surface area (TPSA) is 41.3 Å². The van der Waals surface area contributed by atoms with Gasteiger partial charge >= 0.3 is 0 Å². The minimum Gasteiger partial charge on any atom is -0.329 e. The van der Waals surface area contributed by atoms with E-state index in [9.17, 15) is 0 Å². The molecule has 2 aliphatic heterocycles. The van der Waals surface area contributed by atoms with Crippen LogP contribution >= 0.6 is 0 Å². The third-order valence-corrected chi connectivity index (χ3v) is 4.70. The highest BCUT2D eigenvalue weighted by molar-refractivity contribution is 5.12. The van der Waals surface area contributed by atoms with Gasteiger partial charge in [0.05, 0.1) is 6.04 Å². The minimum absolute atomic E-state index is 0.0621. The Bertz CT molecular complexity index is 309. The summed E-state index contributed by atoms with van der Waals surface area (Å²) in [5.41, 5.74) is 6.18. The van der Waals surface area contributed by atoms with E-state index in [4.69, 9.17) is 12.2 Å². The van der Waals surface area contributed by atoms with Crippen molar-refractivity contribution in [1.82, 2.24) is 10.2 Å². The van der Waals surface area contributed by atoms with E-state index in [0.717, 1.165) is 19.3 Å². The van der Waals surface area contributed by atoms with Crippen LogP contribution < -0.4 is 11.1 Å². The van der Waals surface area contributed by atoms with Crippen molar-refractivity contribution >= 4 is 0 Å². The molecule has 0 saturated carbocycles. The number of hydrogen-bond acceptors (Lipinski definition) is 3. The first kappa shape index (κ1) is 13.9. The van der Waals surface area contributed by atoms with Crippen LogP contribution in [0.15, 0.2) is 0 Å². The maximum absolute atomic E-state index is 6.12. The molecule has 0 spiro atoms. The van der Waals surface area contributed by atoms with Crippen molar-refractivity contribution in [3.63, 3.8) is 0 Å². The molecule has 2 rings (SSSR count).